The lowest BCUT2D eigenvalue weighted by molar-refractivity contribution is 0.171. The lowest BCUT2D eigenvalue weighted by Crippen LogP contribution is -2.15. The molecule has 5 heteroatoms. The van der Waals surface area contributed by atoms with Crippen molar-refractivity contribution in [2.75, 3.05) is 13.2 Å². The van der Waals surface area contributed by atoms with Gasteiger partial charge in [-0.15, -0.1) is 11.6 Å². The summed E-state index contributed by atoms with van der Waals surface area (Å²) in [6, 6.07) is 9.63. The van der Waals surface area contributed by atoms with Gasteiger partial charge < -0.3 is 9.47 Å². The predicted molar refractivity (Wildman–Crippen MR) is 89.0 cm³/mol. The number of ether oxygens (including phenoxy) is 2. The lowest BCUT2D eigenvalue weighted by atomic mass is 10.0. The smallest absolute Gasteiger partial charge is 0.162 e. The highest BCUT2D eigenvalue weighted by atomic mass is 79.9. The third-order valence-corrected chi connectivity index (χ3v) is 5.31. The molecule has 3 rings (SSSR count). The minimum Gasteiger partial charge on any atom is -0.486 e. The molecule has 0 spiro atoms. The molecule has 0 aromatic heterocycles. The Morgan fingerprint density at radius 2 is 1.76 bits per heavy atom. The highest BCUT2D eigenvalue weighted by molar-refractivity contribution is 9.10. The van der Waals surface area contributed by atoms with E-state index in [1.165, 1.54) is 0 Å². The maximum atomic E-state index is 6.65. The van der Waals surface area contributed by atoms with Crippen LogP contribution in [0.1, 0.15) is 22.1 Å². The number of rotatable bonds is 2. The number of hydrogen-bond donors (Lipinski definition) is 0. The van der Waals surface area contributed by atoms with Crippen molar-refractivity contribution in [2.24, 2.45) is 0 Å². The average molecular weight is 388 g/mol. The molecule has 2 aromatic rings. The molecule has 2 nitrogen and oxygen atoms in total. The molecule has 0 fully saturated rings. The summed E-state index contributed by atoms with van der Waals surface area (Å²) in [5.74, 6) is 1.36. The van der Waals surface area contributed by atoms with Gasteiger partial charge >= 0.3 is 0 Å². The van der Waals surface area contributed by atoms with E-state index in [4.69, 9.17) is 32.7 Å². The standard InChI is InChI=1S/C16H13BrCl2O2/c1-9-3-2-4-10(15(9)17)16(19)11-7-13-14(8-12(11)18)21-6-5-20-13/h2-4,7-8,16H,5-6H2,1H3. The first-order valence-electron chi connectivity index (χ1n) is 6.56. The van der Waals surface area contributed by atoms with Crippen LogP contribution in [0.5, 0.6) is 11.5 Å². The fourth-order valence-electron chi connectivity index (χ4n) is 2.31. The Balaban J connectivity index is 2.05. The molecular weight excluding hydrogens is 375 g/mol. The molecule has 0 radical (unpaired) electrons. The summed E-state index contributed by atoms with van der Waals surface area (Å²) < 4.78 is 12.1. The molecule has 0 saturated heterocycles. The SMILES string of the molecule is Cc1cccc(C(Cl)c2cc3c(cc2Cl)OCCO3)c1Br. The fourth-order valence-corrected chi connectivity index (χ4v) is 3.61. The van der Waals surface area contributed by atoms with Gasteiger partial charge in [-0.05, 0) is 29.7 Å². The van der Waals surface area contributed by atoms with Gasteiger partial charge in [-0.25, -0.2) is 0 Å². The molecule has 0 N–H and O–H groups in total. The van der Waals surface area contributed by atoms with E-state index in [0.717, 1.165) is 21.2 Å². The second-order valence-electron chi connectivity index (χ2n) is 4.86. The molecule has 1 aliphatic heterocycles. The third-order valence-electron chi connectivity index (χ3n) is 3.43. The molecule has 1 unspecified atom stereocenters. The largest absolute Gasteiger partial charge is 0.486 e. The second-order valence-corrected chi connectivity index (χ2v) is 6.49. The van der Waals surface area contributed by atoms with Crippen LogP contribution in [0.25, 0.3) is 0 Å². The number of benzene rings is 2. The van der Waals surface area contributed by atoms with Gasteiger partial charge in [-0.1, -0.05) is 45.7 Å². The van der Waals surface area contributed by atoms with Gasteiger partial charge in [0.2, 0.25) is 0 Å². The van der Waals surface area contributed by atoms with E-state index in [2.05, 4.69) is 15.9 Å². The minimum atomic E-state index is -0.359. The molecule has 0 bridgehead atoms. The number of halogens is 3. The van der Waals surface area contributed by atoms with E-state index in [1.54, 1.807) is 6.07 Å². The Kier molecular flexibility index (Phi) is 4.34. The molecule has 21 heavy (non-hydrogen) atoms. The Labute approximate surface area is 142 Å². The molecule has 1 aliphatic rings. The van der Waals surface area contributed by atoms with E-state index in [0.29, 0.717) is 29.7 Å². The number of alkyl halides is 1. The molecule has 2 aromatic carbocycles. The van der Waals surface area contributed by atoms with Gasteiger partial charge in [0, 0.05) is 15.6 Å². The minimum absolute atomic E-state index is 0.359. The fraction of sp³-hybridized carbons (Fsp3) is 0.250. The van der Waals surface area contributed by atoms with Crippen LogP contribution in [-0.4, -0.2) is 13.2 Å². The summed E-state index contributed by atoms with van der Waals surface area (Å²) in [6.45, 7) is 3.11. The van der Waals surface area contributed by atoms with Gasteiger partial charge in [0.05, 0.1) is 5.38 Å². The first-order chi connectivity index (χ1) is 10.1. The molecule has 0 aliphatic carbocycles. The van der Waals surface area contributed by atoms with Crippen LogP contribution in [-0.2, 0) is 0 Å². The van der Waals surface area contributed by atoms with Crippen LogP contribution >= 0.6 is 39.1 Å². The highest BCUT2D eigenvalue weighted by Crippen LogP contribution is 2.43. The highest BCUT2D eigenvalue weighted by Gasteiger charge is 2.22. The summed E-state index contributed by atoms with van der Waals surface area (Å²) >= 11 is 16.6. The summed E-state index contributed by atoms with van der Waals surface area (Å²) in [6.07, 6.45) is 0. The van der Waals surface area contributed by atoms with Crippen molar-refractivity contribution >= 4 is 39.1 Å². The summed E-state index contributed by atoms with van der Waals surface area (Å²) in [5, 5.41) is 0.218. The van der Waals surface area contributed by atoms with Crippen LogP contribution in [0.15, 0.2) is 34.8 Å². The summed E-state index contributed by atoms with van der Waals surface area (Å²) in [4.78, 5) is 0. The van der Waals surface area contributed by atoms with Gasteiger partial charge in [-0.3, -0.25) is 0 Å². The van der Waals surface area contributed by atoms with Crippen molar-refractivity contribution in [2.45, 2.75) is 12.3 Å². The first-order valence-corrected chi connectivity index (χ1v) is 8.17. The first kappa shape index (κ1) is 15.0. The van der Waals surface area contributed by atoms with Crippen molar-refractivity contribution in [1.29, 1.82) is 0 Å². The molecule has 0 saturated carbocycles. The number of hydrogen-bond acceptors (Lipinski definition) is 2. The molecule has 0 amide bonds. The van der Waals surface area contributed by atoms with Crippen molar-refractivity contribution in [1.82, 2.24) is 0 Å². The Morgan fingerprint density at radius 3 is 2.48 bits per heavy atom. The topological polar surface area (TPSA) is 18.5 Å². The van der Waals surface area contributed by atoms with Crippen LogP contribution in [0.4, 0.5) is 0 Å². The monoisotopic (exact) mass is 386 g/mol. The molecule has 1 heterocycles. The van der Waals surface area contributed by atoms with Gasteiger partial charge in [0.15, 0.2) is 11.5 Å². The van der Waals surface area contributed by atoms with Crippen molar-refractivity contribution in [3.8, 4) is 11.5 Å². The predicted octanol–water partition coefficient (Wildman–Crippen LogP) is 5.51. The van der Waals surface area contributed by atoms with Crippen LogP contribution < -0.4 is 9.47 Å². The van der Waals surface area contributed by atoms with Crippen LogP contribution in [0, 0.1) is 6.92 Å². The van der Waals surface area contributed by atoms with Gasteiger partial charge in [-0.2, -0.15) is 0 Å². The Bertz CT molecular complexity index is 688. The van der Waals surface area contributed by atoms with Gasteiger partial charge in [0.25, 0.3) is 0 Å². The van der Waals surface area contributed by atoms with E-state index in [-0.39, 0.29) is 5.38 Å². The van der Waals surface area contributed by atoms with Crippen molar-refractivity contribution in [3.63, 3.8) is 0 Å². The van der Waals surface area contributed by atoms with Crippen molar-refractivity contribution < 1.29 is 9.47 Å². The van der Waals surface area contributed by atoms with Crippen LogP contribution in [0.2, 0.25) is 5.02 Å². The molecule has 110 valence electrons. The Hall–Kier alpha value is -0.900. The molecule has 1 atom stereocenters. The summed E-state index contributed by atoms with van der Waals surface area (Å²) in [5.41, 5.74) is 2.93. The van der Waals surface area contributed by atoms with E-state index >= 15 is 0 Å². The van der Waals surface area contributed by atoms with E-state index in [9.17, 15) is 0 Å². The zero-order valence-electron chi connectivity index (χ0n) is 11.3. The quantitative estimate of drug-likeness (QED) is 0.632. The lowest BCUT2D eigenvalue weighted by Gasteiger charge is -2.22. The van der Waals surface area contributed by atoms with Crippen molar-refractivity contribution in [3.05, 3.63) is 56.5 Å². The summed E-state index contributed by atoms with van der Waals surface area (Å²) in [7, 11) is 0. The zero-order chi connectivity index (χ0) is 15.0. The maximum Gasteiger partial charge on any atom is 0.162 e. The van der Waals surface area contributed by atoms with E-state index in [1.807, 2.05) is 31.2 Å². The normalized spacial score (nSPS) is 14.9. The number of fused-ring (bicyclic) bond motifs is 1. The number of aryl methyl sites for hydroxylation is 1. The zero-order valence-corrected chi connectivity index (χ0v) is 14.4. The maximum absolute atomic E-state index is 6.65. The average Bonchev–Trinajstić information content (AvgIpc) is 2.48. The Morgan fingerprint density at radius 1 is 1.10 bits per heavy atom. The van der Waals surface area contributed by atoms with Gasteiger partial charge in [0.1, 0.15) is 13.2 Å². The second kappa shape index (κ2) is 6.07. The molecular formula is C16H13BrCl2O2. The third kappa shape index (κ3) is 2.87. The van der Waals surface area contributed by atoms with Crippen LogP contribution in [0.3, 0.4) is 0 Å². The van der Waals surface area contributed by atoms with E-state index < -0.39 is 0 Å².